The van der Waals surface area contributed by atoms with E-state index in [0.717, 1.165) is 71.9 Å². The van der Waals surface area contributed by atoms with Crippen molar-refractivity contribution < 1.29 is 9.84 Å². The van der Waals surface area contributed by atoms with E-state index in [4.69, 9.17) is 29.7 Å². The molecule has 0 aliphatic rings. The molecule has 2 rings (SSSR count). The highest BCUT2D eigenvalue weighted by Crippen LogP contribution is 2.21. The molecule has 42 heavy (non-hydrogen) atoms. The van der Waals surface area contributed by atoms with Gasteiger partial charge in [-0.3, -0.25) is 4.90 Å². The van der Waals surface area contributed by atoms with Gasteiger partial charge in [-0.15, -0.1) is 0 Å². The molecule has 0 atom stereocenters. The summed E-state index contributed by atoms with van der Waals surface area (Å²) in [6.07, 6.45) is 0.845. The monoisotopic (exact) mass is 590 g/mol. The Bertz CT molecular complexity index is 1000. The standard InChI is InChI=1S/C28H54N12O2/c1-10-35(11-2)23-29-24(36(12-3)13-4)31-26(30-23)38(16-7)19-18-20-39(17-8)27-32-25(37(14-5)15-6)33-28(34-27)40(21-41)22-42-9/h41H,10-22H2,1-9H3. The van der Waals surface area contributed by atoms with Gasteiger partial charge in [-0.1, -0.05) is 0 Å². The lowest BCUT2D eigenvalue weighted by molar-refractivity contribution is 0.166. The number of methoxy groups -OCH3 is 1. The fourth-order valence-electron chi connectivity index (χ4n) is 4.62. The molecule has 14 nitrogen and oxygen atoms in total. The van der Waals surface area contributed by atoms with Crippen molar-refractivity contribution >= 4 is 35.7 Å². The molecule has 0 aliphatic carbocycles. The highest BCUT2D eigenvalue weighted by Gasteiger charge is 2.21. The van der Waals surface area contributed by atoms with Gasteiger partial charge in [-0.25, -0.2) is 0 Å². The fourth-order valence-corrected chi connectivity index (χ4v) is 4.62. The molecule has 2 aromatic rings. The van der Waals surface area contributed by atoms with Crippen LogP contribution in [-0.4, -0.2) is 121 Å². The molecule has 0 saturated heterocycles. The van der Waals surface area contributed by atoms with E-state index in [1.54, 1.807) is 12.0 Å². The molecule has 238 valence electrons. The summed E-state index contributed by atoms with van der Waals surface area (Å²) >= 11 is 0. The zero-order valence-corrected chi connectivity index (χ0v) is 27.4. The van der Waals surface area contributed by atoms with Gasteiger partial charge in [0.25, 0.3) is 0 Å². The van der Waals surface area contributed by atoms with Gasteiger partial charge in [0, 0.05) is 72.6 Å². The van der Waals surface area contributed by atoms with Crippen LogP contribution in [0.2, 0.25) is 0 Å². The molecule has 0 aromatic carbocycles. The summed E-state index contributed by atoms with van der Waals surface area (Å²) in [6, 6.07) is 0. The van der Waals surface area contributed by atoms with Crippen molar-refractivity contribution in [2.45, 2.75) is 61.8 Å². The van der Waals surface area contributed by atoms with Gasteiger partial charge in [-0.05, 0) is 61.8 Å². The average Bonchev–Trinajstić information content (AvgIpc) is 3.01. The number of hydrogen-bond acceptors (Lipinski definition) is 14. The Labute approximate surface area is 252 Å². The average molecular weight is 591 g/mol. The molecule has 0 saturated carbocycles. The highest BCUT2D eigenvalue weighted by molar-refractivity contribution is 5.48. The molecule has 0 spiro atoms. The lowest BCUT2D eigenvalue weighted by atomic mass is 10.3. The van der Waals surface area contributed by atoms with E-state index in [-0.39, 0.29) is 13.5 Å². The number of nitrogens with zero attached hydrogens (tertiary/aromatic N) is 12. The van der Waals surface area contributed by atoms with Gasteiger partial charge in [-0.2, -0.15) is 29.9 Å². The molecule has 14 heteroatoms. The third-order valence-electron chi connectivity index (χ3n) is 7.26. The molecule has 0 radical (unpaired) electrons. The van der Waals surface area contributed by atoms with Crippen molar-refractivity contribution in [2.24, 2.45) is 0 Å². The van der Waals surface area contributed by atoms with Gasteiger partial charge < -0.3 is 34.3 Å². The Morgan fingerprint density at radius 3 is 0.952 bits per heavy atom. The van der Waals surface area contributed by atoms with Crippen LogP contribution in [0, 0.1) is 0 Å². The van der Waals surface area contributed by atoms with E-state index < -0.39 is 0 Å². The first-order valence-electron chi connectivity index (χ1n) is 15.5. The minimum absolute atomic E-state index is 0.173. The predicted molar refractivity (Wildman–Crippen MR) is 172 cm³/mol. The summed E-state index contributed by atoms with van der Waals surface area (Å²) in [4.78, 5) is 41.1. The minimum atomic E-state index is -0.260. The van der Waals surface area contributed by atoms with Crippen molar-refractivity contribution in [2.75, 3.05) is 115 Å². The lowest BCUT2D eigenvalue weighted by Gasteiger charge is -2.28. The normalized spacial score (nSPS) is 11.0. The molecule has 0 unspecified atom stereocenters. The first-order valence-corrected chi connectivity index (χ1v) is 15.5. The maximum absolute atomic E-state index is 9.94. The molecule has 0 bridgehead atoms. The molecule has 2 aromatic heterocycles. The van der Waals surface area contributed by atoms with Crippen molar-refractivity contribution in [1.82, 2.24) is 29.9 Å². The number of anilines is 6. The third kappa shape index (κ3) is 9.12. The Balaban J connectivity index is 2.34. The van der Waals surface area contributed by atoms with Crippen LogP contribution < -0.4 is 29.4 Å². The summed E-state index contributed by atoms with van der Waals surface area (Å²) in [5.41, 5.74) is 0. The van der Waals surface area contributed by atoms with Crippen LogP contribution in [0.5, 0.6) is 0 Å². The van der Waals surface area contributed by atoms with Crippen molar-refractivity contribution in [3.63, 3.8) is 0 Å². The van der Waals surface area contributed by atoms with E-state index in [1.165, 1.54) is 0 Å². The maximum Gasteiger partial charge on any atom is 0.235 e. The smallest absolute Gasteiger partial charge is 0.235 e. The van der Waals surface area contributed by atoms with Crippen LogP contribution >= 0.6 is 0 Å². The Hall–Kier alpha value is -3.26. The van der Waals surface area contributed by atoms with Crippen LogP contribution in [0.3, 0.4) is 0 Å². The molecule has 0 aliphatic heterocycles. The third-order valence-corrected chi connectivity index (χ3v) is 7.26. The number of hydrogen-bond donors (Lipinski definition) is 1. The zero-order chi connectivity index (χ0) is 31.1. The van der Waals surface area contributed by atoms with E-state index in [2.05, 4.69) is 84.9 Å². The number of rotatable bonds is 21. The van der Waals surface area contributed by atoms with Crippen LogP contribution in [0.25, 0.3) is 0 Å². The second-order valence-electron chi connectivity index (χ2n) is 9.60. The van der Waals surface area contributed by atoms with Crippen LogP contribution in [-0.2, 0) is 4.74 Å². The second kappa shape index (κ2) is 18.3. The summed E-state index contributed by atoms with van der Waals surface area (Å²) < 4.78 is 5.26. The van der Waals surface area contributed by atoms with E-state index in [1.807, 2.05) is 0 Å². The van der Waals surface area contributed by atoms with Gasteiger partial charge in [0.2, 0.25) is 35.7 Å². The molecular weight excluding hydrogens is 536 g/mol. The second-order valence-corrected chi connectivity index (χ2v) is 9.60. The number of aliphatic hydroxyl groups excluding tert-OH is 1. The fraction of sp³-hybridized carbons (Fsp3) is 0.786. The topological polar surface area (TPSA) is 126 Å². The molecular formula is C28H54N12O2. The Kier molecular flexibility index (Phi) is 15.2. The first kappa shape index (κ1) is 34.9. The van der Waals surface area contributed by atoms with Crippen LogP contribution in [0.4, 0.5) is 35.7 Å². The number of aromatic nitrogens is 6. The first-order chi connectivity index (χ1) is 20.4. The molecule has 0 fully saturated rings. The Morgan fingerprint density at radius 1 is 0.452 bits per heavy atom. The van der Waals surface area contributed by atoms with Crippen molar-refractivity contribution in [3.05, 3.63) is 0 Å². The summed E-state index contributed by atoms with van der Waals surface area (Å²) in [7, 11) is 1.58. The van der Waals surface area contributed by atoms with Gasteiger partial charge in [0.15, 0.2) is 0 Å². The summed E-state index contributed by atoms with van der Waals surface area (Å²) in [5.74, 6) is 3.68. The number of ether oxygens (including phenoxy) is 1. The number of aliphatic hydroxyl groups is 1. The van der Waals surface area contributed by atoms with E-state index >= 15 is 0 Å². The minimum Gasteiger partial charge on any atom is -0.376 e. The predicted octanol–water partition coefficient (Wildman–Crippen LogP) is 2.70. The summed E-state index contributed by atoms with van der Waals surface area (Å²) in [5, 5.41) is 9.94. The quantitative estimate of drug-likeness (QED) is 0.214. The van der Waals surface area contributed by atoms with Crippen molar-refractivity contribution in [1.29, 1.82) is 0 Å². The molecule has 2 heterocycles. The van der Waals surface area contributed by atoms with Gasteiger partial charge >= 0.3 is 0 Å². The van der Waals surface area contributed by atoms with E-state index in [9.17, 15) is 5.11 Å². The maximum atomic E-state index is 9.94. The summed E-state index contributed by atoms with van der Waals surface area (Å²) in [6.45, 7) is 24.6. The van der Waals surface area contributed by atoms with E-state index in [0.29, 0.717) is 35.7 Å². The Morgan fingerprint density at radius 2 is 0.714 bits per heavy atom. The van der Waals surface area contributed by atoms with Crippen LogP contribution in [0.1, 0.15) is 61.8 Å². The highest BCUT2D eigenvalue weighted by atomic mass is 16.5. The van der Waals surface area contributed by atoms with Crippen LogP contribution in [0.15, 0.2) is 0 Å². The SMILES string of the molecule is CCN(CC)c1nc(N(CC)CC)nc(N(CC)CCCN(CC)c2nc(N(CC)CC)nc(N(CO)COC)n2)n1. The lowest BCUT2D eigenvalue weighted by Crippen LogP contribution is -2.35. The van der Waals surface area contributed by atoms with Gasteiger partial charge in [0.1, 0.15) is 13.5 Å². The zero-order valence-electron chi connectivity index (χ0n) is 27.4. The van der Waals surface area contributed by atoms with Gasteiger partial charge in [0.05, 0.1) is 0 Å². The molecule has 0 amide bonds. The molecule has 1 N–H and O–H groups in total. The largest absolute Gasteiger partial charge is 0.376 e. The van der Waals surface area contributed by atoms with Crippen molar-refractivity contribution in [3.8, 4) is 0 Å².